The zero-order valence-electron chi connectivity index (χ0n) is 12.7. The molecular weight excluding hydrogens is 328 g/mol. The molecule has 0 unspecified atom stereocenters. The molecule has 0 spiro atoms. The van der Waals surface area contributed by atoms with E-state index >= 15 is 0 Å². The highest BCUT2D eigenvalue weighted by molar-refractivity contribution is 7.13. The maximum Gasteiger partial charge on any atom is 0.318 e. The van der Waals surface area contributed by atoms with Crippen LogP contribution >= 0.6 is 11.3 Å². The molecule has 3 rings (SSSR count). The second kappa shape index (κ2) is 6.97. The predicted molar refractivity (Wildman–Crippen MR) is 92.3 cm³/mol. The van der Waals surface area contributed by atoms with E-state index in [4.69, 9.17) is 4.42 Å². The number of nitrogens with one attached hydrogen (secondary N) is 3. The van der Waals surface area contributed by atoms with Gasteiger partial charge in [0, 0.05) is 23.8 Å². The molecule has 3 amide bonds. The number of carbonyl (C=O) groups excluding carboxylic acids is 2. The number of furan rings is 1. The van der Waals surface area contributed by atoms with Gasteiger partial charge in [0.25, 0.3) is 5.91 Å². The highest BCUT2D eigenvalue weighted by Gasteiger charge is 2.13. The monoisotopic (exact) mass is 342 g/mol. The van der Waals surface area contributed by atoms with Gasteiger partial charge in [-0.3, -0.25) is 4.79 Å². The van der Waals surface area contributed by atoms with Crippen LogP contribution in [-0.4, -0.2) is 24.0 Å². The number of rotatable bonds is 4. The van der Waals surface area contributed by atoms with Gasteiger partial charge in [-0.25, -0.2) is 9.78 Å². The number of aromatic nitrogens is 1. The maximum absolute atomic E-state index is 12.2. The molecule has 0 aliphatic carbocycles. The van der Waals surface area contributed by atoms with Crippen LogP contribution in [-0.2, 0) is 0 Å². The number of thiazole rings is 1. The standard InChI is InChI=1S/C16H14N4O3S/c1-17-16(22)19-11-6-4-10(5-7-11)18-14(21)12-9-24-15(20-12)13-3-2-8-23-13/h2-9H,1H3,(H,18,21)(H2,17,19,22). The number of carbonyl (C=O) groups is 2. The van der Waals surface area contributed by atoms with Crippen molar-refractivity contribution < 1.29 is 14.0 Å². The molecule has 3 N–H and O–H groups in total. The third-order valence-electron chi connectivity index (χ3n) is 3.10. The number of nitrogens with zero attached hydrogens (tertiary/aromatic N) is 1. The van der Waals surface area contributed by atoms with Crippen molar-refractivity contribution >= 4 is 34.6 Å². The second-order valence-electron chi connectivity index (χ2n) is 4.75. The Morgan fingerprint density at radius 3 is 2.42 bits per heavy atom. The van der Waals surface area contributed by atoms with Crippen LogP contribution in [0.15, 0.2) is 52.5 Å². The lowest BCUT2D eigenvalue weighted by Crippen LogP contribution is -2.24. The summed E-state index contributed by atoms with van der Waals surface area (Å²) in [5.74, 6) is 0.319. The zero-order chi connectivity index (χ0) is 16.9. The fourth-order valence-electron chi connectivity index (χ4n) is 1.92. The number of urea groups is 1. The molecular formula is C16H14N4O3S. The zero-order valence-corrected chi connectivity index (χ0v) is 13.5. The van der Waals surface area contributed by atoms with Crippen molar-refractivity contribution in [3.63, 3.8) is 0 Å². The third kappa shape index (κ3) is 3.61. The molecule has 3 aromatic rings. The van der Waals surface area contributed by atoms with Crippen LogP contribution < -0.4 is 16.0 Å². The minimum atomic E-state index is -0.309. The Labute approximate surface area is 141 Å². The van der Waals surface area contributed by atoms with Crippen LogP contribution in [0.5, 0.6) is 0 Å². The van der Waals surface area contributed by atoms with Crippen LogP contribution in [0.1, 0.15) is 10.5 Å². The molecule has 24 heavy (non-hydrogen) atoms. The van der Waals surface area contributed by atoms with Crippen molar-refractivity contribution in [2.45, 2.75) is 0 Å². The van der Waals surface area contributed by atoms with Gasteiger partial charge in [-0.1, -0.05) is 0 Å². The largest absolute Gasteiger partial charge is 0.462 e. The lowest BCUT2D eigenvalue weighted by molar-refractivity contribution is 0.102. The summed E-state index contributed by atoms with van der Waals surface area (Å²) in [6, 6.07) is 10.0. The second-order valence-corrected chi connectivity index (χ2v) is 5.61. The number of benzene rings is 1. The summed E-state index contributed by atoms with van der Waals surface area (Å²) in [5, 5.41) is 10.2. The first-order valence-electron chi connectivity index (χ1n) is 7.05. The van der Waals surface area contributed by atoms with Gasteiger partial charge >= 0.3 is 6.03 Å². The van der Waals surface area contributed by atoms with Crippen LogP contribution in [0.3, 0.4) is 0 Å². The maximum atomic E-state index is 12.2. The van der Waals surface area contributed by atoms with E-state index in [-0.39, 0.29) is 11.9 Å². The number of hydrogen-bond acceptors (Lipinski definition) is 5. The summed E-state index contributed by atoms with van der Waals surface area (Å²) in [5.41, 5.74) is 1.55. The molecule has 0 bridgehead atoms. The van der Waals surface area contributed by atoms with Crippen LogP contribution in [0.2, 0.25) is 0 Å². The highest BCUT2D eigenvalue weighted by Crippen LogP contribution is 2.24. The van der Waals surface area contributed by atoms with Gasteiger partial charge in [-0.2, -0.15) is 0 Å². The summed E-state index contributed by atoms with van der Waals surface area (Å²) in [6.07, 6.45) is 1.56. The molecule has 0 aliphatic heterocycles. The summed E-state index contributed by atoms with van der Waals surface area (Å²) >= 11 is 1.34. The van der Waals surface area contributed by atoms with E-state index < -0.39 is 0 Å². The molecule has 0 saturated heterocycles. The minimum Gasteiger partial charge on any atom is -0.462 e. The van der Waals surface area contributed by atoms with Crippen molar-refractivity contribution in [1.29, 1.82) is 0 Å². The normalized spacial score (nSPS) is 10.2. The van der Waals surface area contributed by atoms with Gasteiger partial charge in [0.05, 0.1) is 6.26 Å². The van der Waals surface area contributed by atoms with E-state index in [2.05, 4.69) is 20.9 Å². The Morgan fingerprint density at radius 1 is 1.08 bits per heavy atom. The molecule has 0 radical (unpaired) electrons. The van der Waals surface area contributed by atoms with E-state index in [0.29, 0.717) is 27.8 Å². The molecule has 0 atom stereocenters. The molecule has 7 nitrogen and oxygen atoms in total. The lowest BCUT2D eigenvalue weighted by Gasteiger charge is -2.06. The first kappa shape index (κ1) is 15.8. The van der Waals surface area contributed by atoms with Crippen LogP contribution in [0.4, 0.5) is 16.2 Å². The van der Waals surface area contributed by atoms with E-state index in [1.807, 2.05) is 0 Å². The molecule has 2 aromatic heterocycles. The smallest absolute Gasteiger partial charge is 0.318 e. The van der Waals surface area contributed by atoms with Gasteiger partial charge in [-0.15, -0.1) is 11.3 Å². The van der Waals surface area contributed by atoms with Gasteiger partial charge < -0.3 is 20.4 Å². The minimum absolute atomic E-state index is 0.306. The van der Waals surface area contributed by atoms with Crippen LogP contribution in [0, 0.1) is 0 Å². The fourth-order valence-corrected chi connectivity index (χ4v) is 2.68. The Morgan fingerprint density at radius 2 is 1.79 bits per heavy atom. The molecule has 1 aromatic carbocycles. The Balaban J connectivity index is 1.65. The van der Waals surface area contributed by atoms with Gasteiger partial charge in [0.1, 0.15) is 5.69 Å². The average Bonchev–Trinajstić information content (AvgIpc) is 3.27. The predicted octanol–water partition coefficient (Wildman–Crippen LogP) is 3.41. The molecule has 0 aliphatic rings. The van der Waals surface area contributed by atoms with Gasteiger partial charge in [-0.05, 0) is 36.4 Å². The summed E-state index contributed by atoms with van der Waals surface area (Å²) in [6.45, 7) is 0. The first-order valence-corrected chi connectivity index (χ1v) is 7.93. The third-order valence-corrected chi connectivity index (χ3v) is 3.95. The van der Waals surface area contributed by atoms with Crippen molar-refractivity contribution in [3.8, 4) is 10.8 Å². The summed E-state index contributed by atoms with van der Waals surface area (Å²) < 4.78 is 5.26. The molecule has 8 heteroatoms. The Bertz CT molecular complexity index is 841. The topological polar surface area (TPSA) is 96.3 Å². The average molecular weight is 342 g/mol. The molecule has 2 heterocycles. The molecule has 122 valence electrons. The van der Waals surface area contributed by atoms with Crippen molar-refractivity contribution in [2.75, 3.05) is 17.7 Å². The highest BCUT2D eigenvalue weighted by atomic mass is 32.1. The van der Waals surface area contributed by atoms with Crippen molar-refractivity contribution in [2.24, 2.45) is 0 Å². The van der Waals surface area contributed by atoms with Crippen molar-refractivity contribution in [3.05, 3.63) is 53.7 Å². The van der Waals surface area contributed by atoms with E-state index in [1.165, 1.54) is 18.4 Å². The van der Waals surface area contributed by atoms with Gasteiger partial charge in [0.15, 0.2) is 10.8 Å². The van der Waals surface area contributed by atoms with E-state index in [0.717, 1.165) is 0 Å². The summed E-state index contributed by atoms with van der Waals surface area (Å²) in [7, 11) is 1.54. The number of amides is 3. The quantitative estimate of drug-likeness (QED) is 0.677. The Hall–Kier alpha value is -3.13. The van der Waals surface area contributed by atoms with Gasteiger partial charge in [0.2, 0.25) is 0 Å². The van der Waals surface area contributed by atoms with Crippen molar-refractivity contribution in [1.82, 2.24) is 10.3 Å². The molecule has 0 saturated carbocycles. The van der Waals surface area contributed by atoms with E-state index in [9.17, 15) is 9.59 Å². The lowest BCUT2D eigenvalue weighted by atomic mass is 10.2. The number of anilines is 2. The summed E-state index contributed by atoms with van der Waals surface area (Å²) in [4.78, 5) is 27.7. The van der Waals surface area contributed by atoms with Crippen LogP contribution in [0.25, 0.3) is 10.8 Å². The SMILES string of the molecule is CNC(=O)Nc1ccc(NC(=O)c2csc(-c3ccco3)n2)cc1. The Kier molecular flexibility index (Phi) is 4.57. The van der Waals surface area contributed by atoms with E-state index in [1.54, 1.807) is 48.0 Å². The molecule has 0 fully saturated rings. The number of hydrogen-bond donors (Lipinski definition) is 3. The first-order chi connectivity index (χ1) is 11.7. The fraction of sp³-hybridized carbons (Fsp3) is 0.0625.